The maximum absolute atomic E-state index is 9.44. The Bertz CT molecular complexity index is 448. The number of benzene rings is 1. The number of nitrogens with one attached hydrogen (secondary N) is 1. The lowest BCUT2D eigenvalue weighted by molar-refractivity contribution is 0.111. The van der Waals surface area contributed by atoms with Crippen LogP contribution in [0.2, 0.25) is 5.02 Å². The van der Waals surface area contributed by atoms with Crippen LogP contribution in [0.15, 0.2) is 18.2 Å². The lowest BCUT2D eigenvalue weighted by Crippen LogP contribution is -2.23. The molecule has 0 amide bonds. The first-order chi connectivity index (χ1) is 8.69. The molecule has 4 heteroatoms. The summed E-state index contributed by atoms with van der Waals surface area (Å²) < 4.78 is 0. The van der Waals surface area contributed by atoms with Crippen molar-refractivity contribution in [2.75, 3.05) is 11.9 Å². The summed E-state index contributed by atoms with van der Waals surface area (Å²) in [6, 6.07) is 7.44. The van der Waals surface area contributed by atoms with Crippen molar-refractivity contribution in [2.24, 2.45) is 5.92 Å². The van der Waals surface area contributed by atoms with Crippen LogP contribution in [-0.2, 0) is 0 Å². The van der Waals surface area contributed by atoms with Gasteiger partial charge in [-0.2, -0.15) is 5.26 Å². The maximum atomic E-state index is 9.44. The van der Waals surface area contributed by atoms with Gasteiger partial charge < -0.3 is 10.4 Å². The van der Waals surface area contributed by atoms with Crippen LogP contribution in [0.5, 0.6) is 0 Å². The predicted octanol–water partition coefficient (Wildman–Crippen LogP) is 3.17. The number of hydrogen-bond acceptors (Lipinski definition) is 3. The number of halogens is 1. The summed E-state index contributed by atoms with van der Waals surface area (Å²) in [5.41, 5.74) is 1.45. The third kappa shape index (κ3) is 3.38. The van der Waals surface area contributed by atoms with E-state index in [-0.39, 0.29) is 6.10 Å². The minimum atomic E-state index is -0.106. The van der Waals surface area contributed by atoms with Crippen molar-refractivity contribution in [3.8, 4) is 6.07 Å². The second-order valence-corrected chi connectivity index (χ2v) is 5.27. The van der Waals surface area contributed by atoms with Gasteiger partial charge in [0.25, 0.3) is 0 Å². The number of rotatable bonds is 3. The molecule has 0 aromatic heterocycles. The fraction of sp³-hybridized carbons (Fsp3) is 0.500. The largest absolute Gasteiger partial charge is 0.393 e. The maximum Gasteiger partial charge on any atom is 0.101 e. The molecule has 1 aliphatic rings. The first-order valence-electron chi connectivity index (χ1n) is 6.30. The van der Waals surface area contributed by atoms with Crippen LogP contribution in [0, 0.1) is 17.2 Å². The molecule has 3 nitrogen and oxygen atoms in total. The van der Waals surface area contributed by atoms with Crippen molar-refractivity contribution in [2.45, 2.75) is 31.8 Å². The Balaban J connectivity index is 1.87. The first-order valence-corrected chi connectivity index (χ1v) is 6.68. The van der Waals surface area contributed by atoms with Crippen LogP contribution >= 0.6 is 11.6 Å². The van der Waals surface area contributed by atoms with Gasteiger partial charge in [-0.05, 0) is 49.8 Å². The molecular formula is C14H17ClN2O. The standard InChI is InChI=1S/C14H17ClN2O/c15-14-7-12(4-3-11(14)8-16)17-9-10-1-5-13(18)6-2-10/h3-4,7,10,13,17-18H,1-2,5-6,9H2. The third-order valence-electron chi connectivity index (χ3n) is 3.50. The molecule has 96 valence electrons. The van der Waals surface area contributed by atoms with Gasteiger partial charge in [0.05, 0.1) is 16.7 Å². The molecular weight excluding hydrogens is 248 g/mol. The van der Waals surface area contributed by atoms with E-state index in [1.54, 1.807) is 12.1 Å². The van der Waals surface area contributed by atoms with Crippen molar-refractivity contribution in [1.29, 1.82) is 5.26 Å². The predicted molar refractivity (Wildman–Crippen MR) is 72.6 cm³/mol. The molecule has 1 aromatic rings. The van der Waals surface area contributed by atoms with E-state index in [0.29, 0.717) is 16.5 Å². The monoisotopic (exact) mass is 264 g/mol. The fourth-order valence-corrected chi connectivity index (χ4v) is 2.55. The average Bonchev–Trinajstić information content (AvgIpc) is 2.38. The SMILES string of the molecule is N#Cc1ccc(NCC2CCC(O)CC2)cc1Cl. The van der Waals surface area contributed by atoms with Crippen LogP contribution < -0.4 is 5.32 Å². The molecule has 2 N–H and O–H groups in total. The van der Waals surface area contributed by atoms with E-state index < -0.39 is 0 Å². The summed E-state index contributed by atoms with van der Waals surface area (Å²) in [7, 11) is 0. The highest BCUT2D eigenvalue weighted by molar-refractivity contribution is 6.32. The highest BCUT2D eigenvalue weighted by Crippen LogP contribution is 2.25. The van der Waals surface area contributed by atoms with Gasteiger partial charge >= 0.3 is 0 Å². The van der Waals surface area contributed by atoms with Crippen LogP contribution in [-0.4, -0.2) is 17.8 Å². The molecule has 0 radical (unpaired) electrons. The van der Waals surface area contributed by atoms with E-state index in [1.165, 1.54) is 0 Å². The molecule has 0 heterocycles. The zero-order valence-electron chi connectivity index (χ0n) is 10.2. The highest BCUT2D eigenvalue weighted by Gasteiger charge is 2.18. The Kier molecular flexibility index (Phi) is 4.46. The summed E-state index contributed by atoms with van der Waals surface area (Å²) in [6.07, 6.45) is 3.84. The number of nitrogens with zero attached hydrogens (tertiary/aromatic N) is 1. The van der Waals surface area contributed by atoms with Crippen LogP contribution in [0.1, 0.15) is 31.2 Å². The van der Waals surface area contributed by atoms with E-state index in [2.05, 4.69) is 5.32 Å². The van der Waals surface area contributed by atoms with Gasteiger partial charge in [-0.3, -0.25) is 0 Å². The molecule has 0 unspecified atom stereocenters. The molecule has 0 atom stereocenters. The van der Waals surface area contributed by atoms with Crippen LogP contribution in [0.4, 0.5) is 5.69 Å². The molecule has 0 bridgehead atoms. The van der Waals surface area contributed by atoms with Gasteiger partial charge in [-0.25, -0.2) is 0 Å². The molecule has 1 saturated carbocycles. The minimum absolute atomic E-state index is 0.106. The lowest BCUT2D eigenvalue weighted by Gasteiger charge is -2.25. The van der Waals surface area contributed by atoms with Crippen LogP contribution in [0.3, 0.4) is 0 Å². The molecule has 0 aliphatic heterocycles. The Labute approximate surface area is 112 Å². The molecule has 0 saturated heterocycles. The van der Waals surface area contributed by atoms with Crippen molar-refractivity contribution >= 4 is 17.3 Å². The smallest absolute Gasteiger partial charge is 0.101 e. The number of aliphatic hydroxyl groups excluding tert-OH is 1. The normalized spacial score (nSPS) is 23.4. The molecule has 18 heavy (non-hydrogen) atoms. The van der Waals surface area contributed by atoms with Crippen molar-refractivity contribution in [1.82, 2.24) is 0 Å². The Morgan fingerprint density at radius 1 is 1.33 bits per heavy atom. The van der Waals surface area contributed by atoms with Gasteiger partial charge in [0.15, 0.2) is 0 Å². The van der Waals surface area contributed by atoms with Crippen molar-refractivity contribution in [3.05, 3.63) is 28.8 Å². The van der Waals surface area contributed by atoms with Crippen molar-refractivity contribution < 1.29 is 5.11 Å². The number of anilines is 1. The molecule has 1 aliphatic carbocycles. The summed E-state index contributed by atoms with van der Waals surface area (Å²) in [6.45, 7) is 0.898. The Hall–Kier alpha value is -1.24. The fourth-order valence-electron chi connectivity index (χ4n) is 2.33. The van der Waals surface area contributed by atoms with E-state index in [9.17, 15) is 5.11 Å². The summed E-state index contributed by atoms with van der Waals surface area (Å²) >= 11 is 5.97. The minimum Gasteiger partial charge on any atom is -0.393 e. The first kappa shape index (κ1) is 13.2. The highest BCUT2D eigenvalue weighted by atomic mass is 35.5. The van der Waals surface area contributed by atoms with E-state index in [1.807, 2.05) is 12.1 Å². The second kappa shape index (κ2) is 6.08. The number of hydrogen-bond donors (Lipinski definition) is 2. The quantitative estimate of drug-likeness (QED) is 0.882. The van der Waals surface area contributed by atoms with E-state index in [0.717, 1.165) is 37.9 Å². The number of aliphatic hydroxyl groups is 1. The second-order valence-electron chi connectivity index (χ2n) is 4.86. The lowest BCUT2D eigenvalue weighted by atomic mass is 9.87. The zero-order valence-corrected chi connectivity index (χ0v) is 11.0. The topological polar surface area (TPSA) is 56.0 Å². The molecule has 0 spiro atoms. The molecule has 1 fully saturated rings. The summed E-state index contributed by atoms with van der Waals surface area (Å²) in [5, 5.41) is 22.1. The third-order valence-corrected chi connectivity index (χ3v) is 3.81. The Morgan fingerprint density at radius 3 is 2.67 bits per heavy atom. The van der Waals surface area contributed by atoms with Crippen molar-refractivity contribution in [3.63, 3.8) is 0 Å². The van der Waals surface area contributed by atoms with Crippen LogP contribution in [0.25, 0.3) is 0 Å². The average molecular weight is 265 g/mol. The van der Waals surface area contributed by atoms with E-state index in [4.69, 9.17) is 16.9 Å². The Morgan fingerprint density at radius 2 is 2.06 bits per heavy atom. The van der Waals surface area contributed by atoms with E-state index >= 15 is 0 Å². The van der Waals surface area contributed by atoms with Gasteiger partial charge in [0.2, 0.25) is 0 Å². The zero-order chi connectivity index (χ0) is 13.0. The summed E-state index contributed by atoms with van der Waals surface area (Å²) in [5.74, 6) is 0.614. The molecule has 1 aromatic carbocycles. The number of nitriles is 1. The van der Waals surface area contributed by atoms with Gasteiger partial charge in [0, 0.05) is 12.2 Å². The summed E-state index contributed by atoms with van der Waals surface area (Å²) in [4.78, 5) is 0. The van der Waals surface area contributed by atoms with Gasteiger partial charge in [-0.1, -0.05) is 11.6 Å². The van der Waals surface area contributed by atoms with Gasteiger partial charge in [0.1, 0.15) is 6.07 Å². The molecule has 2 rings (SSSR count). The van der Waals surface area contributed by atoms with Gasteiger partial charge in [-0.15, -0.1) is 0 Å².